The van der Waals surface area contributed by atoms with Crippen LogP contribution in [-0.4, -0.2) is 21.5 Å². The minimum absolute atomic E-state index is 0.0506. The summed E-state index contributed by atoms with van der Waals surface area (Å²) < 4.78 is 7.00. The fourth-order valence-electron chi connectivity index (χ4n) is 3.62. The Labute approximate surface area is 157 Å². The highest BCUT2D eigenvalue weighted by atomic mass is 16.3. The molecule has 27 heavy (non-hydrogen) atoms. The molecule has 0 radical (unpaired) electrons. The van der Waals surface area contributed by atoms with Crippen molar-refractivity contribution in [2.24, 2.45) is 0 Å². The lowest BCUT2D eigenvalue weighted by atomic mass is 9.92. The fraction of sp³-hybridized carbons (Fsp3) is 0.286. The van der Waals surface area contributed by atoms with E-state index in [4.69, 9.17) is 4.42 Å². The van der Waals surface area contributed by atoms with Crippen LogP contribution in [0.4, 0.5) is 0 Å². The lowest BCUT2D eigenvalue weighted by molar-refractivity contribution is -0.117. The van der Waals surface area contributed by atoms with Gasteiger partial charge in [0, 0.05) is 11.3 Å². The van der Waals surface area contributed by atoms with E-state index in [1.54, 1.807) is 12.3 Å². The Morgan fingerprint density at radius 3 is 2.85 bits per heavy atom. The summed E-state index contributed by atoms with van der Waals surface area (Å²) in [5, 5.41) is 7.44. The van der Waals surface area contributed by atoms with E-state index >= 15 is 0 Å². The number of furan rings is 1. The van der Waals surface area contributed by atoms with Gasteiger partial charge < -0.3 is 9.73 Å². The van der Waals surface area contributed by atoms with Gasteiger partial charge in [-0.2, -0.15) is 5.10 Å². The number of hydrogen-bond acceptors (Lipinski definition) is 4. The molecule has 1 N–H and O–H groups in total. The molecule has 0 unspecified atom stereocenters. The third-order valence-electron chi connectivity index (χ3n) is 5.24. The lowest BCUT2D eigenvalue weighted by Crippen LogP contribution is -2.35. The van der Waals surface area contributed by atoms with Crippen LogP contribution in [0.5, 0.6) is 0 Å². The van der Waals surface area contributed by atoms with E-state index in [1.165, 1.54) is 23.5 Å². The van der Waals surface area contributed by atoms with Gasteiger partial charge >= 0.3 is 0 Å². The van der Waals surface area contributed by atoms with Crippen LogP contribution in [0.1, 0.15) is 51.8 Å². The molecule has 138 valence electrons. The summed E-state index contributed by atoms with van der Waals surface area (Å²) in [7, 11) is 0. The number of nitrogens with zero attached hydrogens (tertiary/aromatic N) is 2. The molecule has 6 heteroatoms. The number of rotatable bonds is 4. The first kappa shape index (κ1) is 17.3. The second-order valence-electron chi connectivity index (χ2n) is 6.90. The van der Waals surface area contributed by atoms with Crippen molar-refractivity contribution in [1.82, 2.24) is 15.1 Å². The first-order valence-electron chi connectivity index (χ1n) is 9.08. The van der Waals surface area contributed by atoms with E-state index in [2.05, 4.69) is 36.4 Å². The van der Waals surface area contributed by atoms with Gasteiger partial charge in [0.25, 0.3) is 11.7 Å². The molecule has 1 aliphatic rings. The second kappa shape index (κ2) is 6.87. The van der Waals surface area contributed by atoms with Crippen LogP contribution in [0.15, 0.2) is 47.2 Å². The highest BCUT2D eigenvalue weighted by molar-refractivity contribution is 6.42. The maximum absolute atomic E-state index is 12.3. The second-order valence-corrected chi connectivity index (χ2v) is 6.90. The van der Waals surface area contributed by atoms with Gasteiger partial charge in [0.2, 0.25) is 0 Å². The number of ketones is 1. The van der Waals surface area contributed by atoms with Crippen molar-refractivity contribution < 1.29 is 14.0 Å². The average molecular weight is 363 g/mol. The Hall–Kier alpha value is -3.15. The van der Waals surface area contributed by atoms with E-state index in [0.717, 1.165) is 36.2 Å². The molecule has 0 aliphatic heterocycles. The average Bonchev–Trinajstić information content (AvgIpc) is 3.34. The summed E-state index contributed by atoms with van der Waals surface area (Å²) >= 11 is 0. The number of aromatic nitrogens is 2. The van der Waals surface area contributed by atoms with Crippen LogP contribution in [0.25, 0.3) is 5.69 Å². The summed E-state index contributed by atoms with van der Waals surface area (Å²) in [5.74, 6) is -1.26. The van der Waals surface area contributed by atoms with Gasteiger partial charge in [-0.15, -0.1) is 0 Å². The van der Waals surface area contributed by atoms with Gasteiger partial charge in [-0.3, -0.25) is 9.59 Å². The number of benzene rings is 1. The van der Waals surface area contributed by atoms with Crippen molar-refractivity contribution in [3.05, 3.63) is 70.9 Å². The molecule has 1 atom stereocenters. The van der Waals surface area contributed by atoms with Crippen molar-refractivity contribution in [2.45, 2.75) is 39.2 Å². The number of carbonyl (C=O) groups excluding carboxylic acids is 2. The van der Waals surface area contributed by atoms with Crippen molar-refractivity contribution >= 4 is 11.7 Å². The zero-order valence-corrected chi connectivity index (χ0v) is 15.4. The zero-order valence-electron chi connectivity index (χ0n) is 15.4. The fourth-order valence-corrected chi connectivity index (χ4v) is 3.62. The summed E-state index contributed by atoms with van der Waals surface area (Å²) in [6, 6.07) is 9.02. The third-order valence-corrected chi connectivity index (χ3v) is 5.24. The molecule has 6 nitrogen and oxygen atoms in total. The number of aryl methyl sites for hydroxylation is 1. The Bertz CT molecular complexity index is 1000. The number of amides is 1. The number of fused-ring (bicyclic) bond motifs is 1. The molecule has 0 saturated carbocycles. The van der Waals surface area contributed by atoms with Gasteiger partial charge in [-0.05, 0) is 62.4 Å². The van der Waals surface area contributed by atoms with Crippen molar-refractivity contribution in [2.75, 3.05) is 0 Å². The van der Waals surface area contributed by atoms with E-state index < -0.39 is 11.7 Å². The summed E-state index contributed by atoms with van der Waals surface area (Å²) in [5.41, 5.74) is 5.51. The van der Waals surface area contributed by atoms with Gasteiger partial charge in [0.1, 0.15) is 0 Å². The number of carbonyl (C=O) groups is 2. The molecule has 4 rings (SSSR count). The molecule has 1 aromatic carbocycles. The van der Waals surface area contributed by atoms with Crippen LogP contribution in [-0.2, 0) is 11.2 Å². The molecule has 0 bridgehead atoms. The Morgan fingerprint density at radius 2 is 2.07 bits per heavy atom. The van der Waals surface area contributed by atoms with Crippen molar-refractivity contribution in [3.8, 4) is 5.69 Å². The molecular formula is C21H21N3O3. The number of hydrogen-bond donors (Lipinski definition) is 1. The minimum Gasteiger partial charge on any atom is -0.461 e. The van der Waals surface area contributed by atoms with Gasteiger partial charge in [0.15, 0.2) is 5.76 Å². The standard InChI is InChI=1S/C21H21N3O3/c1-13-6-3-8-17(14(13)2)24-18-9-4-7-16(15(18)12-22-24)23-21(26)20(25)19-10-5-11-27-19/h3,5-6,8,10-12,16H,4,7,9H2,1-2H3,(H,23,26)/t16-/m0/s1. The maximum Gasteiger partial charge on any atom is 0.296 e. The molecular weight excluding hydrogens is 342 g/mol. The van der Waals surface area contributed by atoms with Crippen LogP contribution >= 0.6 is 0 Å². The normalized spacial score (nSPS) is 16.0. The topological polar surface area (TPSA) is 77.1 Å². The molecule has 1 amide bonds. The van der Waals surface area contributed by atoms with Crippen LogP contribution in [0.2, 0.25) is 0 Å². The molecule has 0 fully saturated rings. The highest BCUT2D eigenvalue weighted by Gasteiger charge is 2.29. The van der Waals surface area contributed by atoms with E-state index in [9.17, 15) is 9.59 Å². The summed E-state index contributed by atoms with van der Waals surface area (Å²) in [6.45, 7) is 4.17. The molecule has 1 aliphatic carbocycles. The Morgan fingerprint density at radius 1 is 1.22 bits per heavy atom. The minimum atomic E-state index is -0.658. The van der Waals surface area contributed by atoms with E-state index in [1.807, 2.05) is 10.7 Å². The van der Waals surface area contributed by atoms with Gasteiger partial charge in [0.05, 0.1) is 24.2 Å². The molecule has 0 spiro atoms. The Balaban J connectivity index is 1.61. The maximum atomic E-state index is 12.3. The summed E-state index contributed by atoms with van der Waals surface area (Å²) in [6.07, 6.45) is 5.78. The first-order chi connectivity index (χ1) is 13.1. The van der Waals surface area contributed by atoms with Gasteiger partial charge in [-0.1, -0.05) is 12.1 Å². The third kappa shape index (κ3) is 3.07. The predicted octanol–water partition coefficient (Wildman–Crippen LogP) is 3.46. The quantitative estimate of drug-likeness (QED) is 0.569. The SMILES string of the molecule is Cc1cccc(-n2ncc3c2CCC[C@@H]3NC(=O)C(=O)c2ccco2)c1C. The van der Waals surface area contributed by atoms with Crippen LogP contribution in [0, 0.1) is 13.8 Å². The van der Waals surface area contributed by atoms with Crippen LogP contribution in [0.3, 0.4) is 0 Å². The number of nitrogens with one attached hydrogen (secondary N) is 1. The van der Waals surface area contributed by atoms with Gasteiger partial charge in [-0.25, -0.2) is 4.68 Å². The van der Waals surface area contributed by atoms with E-state index in [0.29, 0.717) is 0 Å². The smallest absolute Gasteiger partial charge is 0.296 e. The van der Waals surface area contributed by atoms with Crippen molar-refractivity contribution in [3.63, 3.8) is 0 Å². The molecule has 3 aromatic rings. The lowest BCUT2D eigenvalue weighted by Gasteiger charge is -2.24. The highest BCUT2D eigenvalue weighted by Crippen LogP contribution is 2.32. The van der Waals surface area contributed by atoms with Crippen molar-refractivity contribution in [1.29, 1.82) is 0 Å². The molecule has 2 heterocycles. The monoisotopic (exact) mass is 363 g/mol. The molecule has 2 aromatic heterocycles. The van der Waals surface area contributed by atoms with Crippen LogP contribution < -0.4 is 5.32 Å². The Kier molecular flexibility index (Phi) is 4.39. The largest absolute Gasteiger partial charge is 0.461 e. The predicted molar refractivity (Wildman–Crippen MR) is 99.9 cm³/mol. The zero-order chi connectivity index (χ0) is 19.0. The van der Waals surface area contributed by atoms with E-state index in [-0.39, 0.29) is 11.8 Å². The number of Topliss-reactive ketones (excluding diaryl/α,β-unsaturated/α-hetero) is 1. The summed E-state index contributed by atoms with van der Waals surface area (Å²) in [4.78, 5) is 24.5. The first-order valence-corrected chi connectivity index (χ1v) is 9.08. The molecule has 0 saturated heterocycles.